The van der Waals surface area contributed by atoms with Crippen LogP contribution in [0.15, 0.2) is 23.6 Å². The molecule has 5 nitrogen and oxygen atoms in total. The summed E-state index contributed by atoms with van der Waals surface area (Å²) in [5, 5.41) is 3.50. The summed E-state index contributed by atoms with van der Waals surface area (Å²) in [5.41, 5.74) is 8.56. The lowest BCUT2D eigenvalue weighted by Gasteiger charge is -2.08. The SMILES string of the molecule is COc1ccc(-c2nc(-c3sc(N)nc3C)cs2)cc1OC. The fourth-order valence-electron chi connectivity index (χ4n) is 2.13. The molecule has 22 heavy (non-hydrogen) atoms. The van der Waals surface area contributed by atoms with E-state index in [2.05, 4.69) is 4.98 Å². The molecule has 0 fully saturated rings. The van der Waals surface area contributed by atoms with E-state index >= 15 is 0 Å². The number of nitrogen functional groups attached to an aromatic ring is 1. The second-order valence-electron chi connectivity index (χ2n) is 4.57. The molecule has 2 heterocycles. The van der Waals surface area contributed by atoms with E-state index in [0.717, 1.165) is 26.8 Å². The van der Waals surface area contributed by atoms with Gasteiger partial charge in [0.15, 0.2) is 16.6 Å². The zero-order valence-electron chi connectivity index (χ0n) is 12.4. The first kappa shape index (κ1) is 14.8. The van der Waals surface area contributed by atoms with Gasteiger partial charge in [-0.3, -0.25) is 0 Å². The molecule has 0 saturated heterocycles. The number of nitrogens with two attached hydrogens (primary N) is 1. The van der Waals surface area contributed by atoms with E-state index in [1.54, 1.807) is 25.6 Å². The van der Waals surface area contributed by atoms with Crippen molar-refractivity contribution in [2.24, 2.45) is 0 Å². The highest BCUT2D eigenvalue weighted by molar-refractivity contribution is 7.19. The van der Waals surface area contributed by atoms with Crippen LogP contribution in [0.4, 0.5) is 5.13 Å². The number of anilines is 1. The molecule has 1 aromatic carbocycles. The minimum Gasteiger partial charge on any atom is -0.493 e. The predicted molar refractivity (Wildman–Crippen MR) is 90.9 cm³/mol. The number of aromatic nitrogens is 2. The molecule has 0 unspecified atom stereocenters. The lowest BCUT2D eigenvalue weighted by Crippen LogP contribution is -1.90. The van der Waals surface area contributed by atoms with Crippen LogP contribution >= 0.6 is 22.7 Å². The van der Waals surface area contributed by atoms with E-state index in [1.165, 1.54) is 11.3 Å². The Kier molecular flexibility index (Phi) is 4.00. The number of methoxy groups -OCH3 is 2. The van der Waals surface area contributed by atoms with Crippen molar-refractivity contribution in [1.29, 1.82) is 0 Å². The maximum atomic E-state index is 5.76. The number of aryl methyl sites for hydroxylation is 1. The van der Waals surface area contributed by atoms with Crippen LogP contribution in [0.25, 0.3) is 21.1 Å². The average molecular weight is 333 g/mol. The molecule has 3 rings (SSSR count). The molecule has 2 aromatic heterocycles. The number of hydrogen-bond acceptors (Lipinski definition) is 7. The summed E-state index contributed by atoms with van der Waals surface area (Å²) in [6, 6.07) is 5.78. The number of rotatable bonds is 4. The summed E-state index contributed by atoms with van der Waals surface area (Å²) in [6.45, 7) is 1.94. The topological polar surface area (TPSA) is 70.3 Å². The Morgan fingerprint density at radius 3 is 2.50 bits per heavy atom. The molecule has 0 amide bonds. The Morgan fingerprint density at radius 1 is 1.09 bits per heavy atom. The van der Waals surface area contributed by atoms with Crippen molar-refractivity contribution in [3.63, 3.8) is 0 Å². The van der Waals surface area contributed by atoms with Gasteiger partial charge in [-0.1, -0.05) is 11.3 Å². The fourth-order valence-corrected chi connectivity index (χ4v) is 3.81. The Morgan fingerprint density at radius 2 is 1.86 bits per heavy atom. The van der Waals surface area contributed by atoms with Gasteiger partial charge in [0.05, 0.1) is 30.5 Å². The quantitative estimate of drug-likeness (QED) is 0.785. The third-order valence-electron chi connectivity index (χ3n) is 3.18. The summed E-state index contributed by atoms with van der Waals surface area (Å²) in [6.07, 6.45) is 0. The van der Waals surface area contributed by atoms with Crippen molar-refractivity contribution in [3.8, 4) is 32.6 Å². The van der Waals surface area contributed by atoms with E-state index in [9.17, 15) is 0 Å². The van der Waals surface area contributed by atoms with Crippen LogP contribution in [0.5, 0.6) is 11.5 Å². The zero-order chi connectivity index (χ0) is 15.7. The predicted octanol–water partition coefficient (Wildman–Crippen LogP) is 3.84. The van der Waals surface area contributed by atoms with Crippen molar-refractivity contribution in [1.82, 2.24) is 9.97 Å². The molecular weight excluding hydrogens is 318 g/mol. The molecule has 0 aliphatic carbocycles. The molecule has 0 radical (unpaired) electrons. The minimum atomic E-state index is 0.563. The van der Waals surface area contributed by atoms with Gasteiger partial charge in [-0.15, -0.1) is 11.3 Å². The smallest absolute Gasteiger partial charge is 0.180 e. The molecule has 0 atom stereocenters. The van der Waals surface area contributed by atoms with Crippen LogP contribution in [0.3, 0.4) is 0 Å². The summed E-state index contributed by atoms with van der Waals surface area (Å²) in [5.74, 6) is 1.39. The average Bonchev–Trinajstić information content (AvgIpc) is 3.12. The standard InChI is InChI=1S/C15H15N3O2S2/c1-8-13(22-15(16)17-8)10-7-21-14(18-10)9-4-5-11(19-2)12(6-9)20-3/h4-7H,1-3H3,(H2,16,17). The largest absolute Gasteiger partial charge is 0.493 e. The molecule has 0 saturated carbocycles. The minimum absolute atomic E-state index is 0.563. The van der Waals surface area contributed by atoms with Crippen molar-refractivity contribution in [2.45, 2.75) is 6.92 Å². The fraction of sp³-hybridized carbons (Fsp3) is 0.200. The van der Waals surface area contributed by atoms with E-state index in [1.807, 2.05) is 30.5 Å². The van der Waals surface area contributed by atoms with Gasteiger partial charge >= 0.3 is 0 Å². The van der Waals surface area contributed by atoms with Gasteiger partial charge in [0, 0.05) is 10.9 Å². The van der Waals surface area contributed by atoms with E-state index in [0.29, 0.717) is 16.6 Å². The molecule has 114 valence electrons. The third kappa shape index (κ3) is 2.65. The van der Waals surface area contributed by atoms with Crippen molar-refractivity contribution in [3.05, 3.63) is 29.3 Å². The molecule has 2 N–H and O–H groups in total. The molecule has 0 aliphatic heterocycles. The third-order valence-corrected chi connectivity index (χ3v) is 5.08. The van der Waals surface area contributed by atoms with Crippen molar-refractivity contribution in [2.75, 3.05) is 20.0 Å². The van der Waals surface area contributed by atoms with Gasteiger partial charge in [0.1, 0.15) is 5.01 Å². The molecule has 0 aliphatic rings. The van der Waals surface area contributed by atoms with Crippen molar-refractivity contribution >= 4 is 27.8 Å². The van der Waals surface area contributed by atoms with Crippen molar-refractivity contribution < 1.29 is 9.47 Å². The van der Waals surface area contributed by atoms with Gasteiger partial charge in [0.25, 0.3) is 0 Å². The van der Waals surface area contributed by atoms with Gasteiger partial charge in [-0.25, -0.2) is 9.97 Å². The zero-order valence-corrected chi connectivity index (χ0v) is 14.0. The molecule has 0 bridgehead atoms. The first-order chi connectivity index (χ1) is 10.6. The second-order valence-corrected chi connectivity index (χ2v) is 6.46. The van der Waals surface area contributed by atoms with Crippen LogP contribution in [-0.2, 0) is 0 Å². The van der Waals surface area contributed by atoms with Gasteiger partial charge in [0.2, 0.25) is 0 Å². The number of nitrogens with zero attached hydrogens (tertiary/aromatic N) is 2. The Labute approximate surface area is 136 Å². The number of ether oxygens (including phenoxy) is 2. The van der Waals surface area contributed by atoms with E-state index in [4.69, 9.17) is 20.2 Å². The number of benzene rings is 1. The normalized spacial score (nSPS) is 10.7. The molecule has 0 spiro atoms. The van der Waals surface area contributed by atoms with E-state index < -0.39 is 0 Å². The van der Waals surface area contributed by atoms with Gasteiger partial charge < -0.3 is 15.2 Å². The summed E-state index contributed by atoms with van der Waals surface area (Å²) in [4.78, 5) is 9.95. The molecule has 7 heteroatoms. The van der Waals surface area contributed by atoms with Gasteiger partial charge in [-0.2, -0.15) is 0 Å². The Bertz CT molecular complexity index is 811. The lowest BCUT2D eigenvalue weighted by molar-refractivity contribution is 0.355. The van der Waals surface area contributed by atoms with Crippen LogP contribution in [0.1, 0.15) is 5.69 Å². The summed E-state index contributed by atoms with van der Waals surface area (Å²) in [7, 11) is 3.24. The highest BCUT2D eigenvalue weighted by Crippen LogP contribution is 2.37. The number of thiazole rings is 2. The Balaban J connectivity index is 1.99. The van der Waals surface area contributed by atoms with Crippen LogP contribution < -0.4 is 15.2 Å². The maximum Gasteiger partial charge on any atom is 0.180 e. The molecular formula is C15H15N3O2S2. The van der Waals surface area contributed by atoms with Crippen LogP contribution in [-0.4, -0.2) is 24.2 Å². The summed E-state index contributed by atoms with van der Waals surface area (Å²) < 4.78 is 10.6. The highest BCUT2D eigenvalue weighted by Gasteiger charge is 2.14. The van der Waals surface area contributed by atoms with Crippen LogP contribution in [0.2, 0.25) is 0 Å². The molecule has 3 aromatic rings. The monoisotopic (exact) mass is 333 g/mol. The first-order valence-corrected chi connectivity index (χ1v) is 8.23. The highest BCUT2D eigenvalue weighted by atomic mass is 32.1. The summed E-state index contributed by atoms with van der Waals surface area (Å²) >= 11 is 3.03. The second kappa shape index (κ2) is 5.94. The van der Waals surface area contributed by atoms with Crippen LogP contribution in [0, 0.1) is 6.92 Å². The Hall–Kier alpha value is -2.12. The number of hydrogen-bond donors (Lipinski definition) is 1. The lowest BCUT2D eigenvalue weighted by atomic mass is 10.2. The van der Waals surface area contributed by atoms with E-state index in [-0.39, 0.29) is 0 Å². The first-order valence-electron chi connectivity index (χ1n) is 6.53. The van der Waals surface area contributed by atoms with Gasteiger partial charge in [-0.05, 0) is 25.1 Å². The maximum absolute atomic E-state index is 5.76.